The first-order valence-electron chi connectivity index (χ1n) is 10.7. The first-order valence-corrected chi connectivity index (χ1v) is 10.7. The number of benzene rings is 2. The lowest BCUT2D eigenvalue weighted by Crippen LogP contribution is -2.50. The lowest BCUT2D eigenvalue weighted by Gasteiger charge is -2.36. The summed E-state index contributed by atoms with van der Waals surface area (Å²) in [5.74, 6) is -0.584. The van der Waals surface area contributed by atoms with E-state index in [1.54, 1.807) is 43.0 Å². The normalized spacial score (nSPS) is 13.8. The molecule has 4 rings (SSSR count). The number of carbonyl (C=O) groups is 1. The molecule has 1 amide bonds. The average molecular weight is 453 g/mol. The molecular weight excluding hydrogens is 428 g/mol. The summed E-state index contributed by atoms with van der Waals surface area (Å²) in [6, 6.07) is 12.2. The number of halogens is 2. The molecule has 0 unspecified atom stereocenters. The number of nitrogens with zero attached hydrogens (tertiary/aromatic N) is 4. The van der Waals surface area contributed by atoms with Crippen LogP contribution in [0.25, 0.3) is 0 Å². The third-order valence-electron chi connectivity index (χ3n) is 5.67. The van der Waals surface area contributed by atoms with Crippen molar-refractivity contribution in [2.24, 2.45) is 0 Å². The summed E-state index contributed by atoms with van der Waals surface area (Å²) in [5.41, 5.74) is 2.10. The Kier molecular flexibility index (Phi) is 6.39. The van der Waals surface area contributed by atoms with Crippen molar-refractivity contribution in [1.29, 1.82) is 0 Å². The highest BCUT2D eigenvalue weighted by Crippen LogP contribution is 2.19. The first kappa shape index (κ1) is 22.4. The van der Waals surface area contributed by atoms with Crippen LogP contribution in [0.3, 0.4) is 0 Å². The zero-order valence-corrected chi connectivity index (χ0v) is 18.5. The van der Waals surface area contributed by atoms with Gasteiger partial charge in [-0.25, -0.2) is 13.8 Å². The molecule has 1 aliphatic rings. The average Bonchev–Trinajstić information content (AvgIpc) is 2.79. The van der Waals surface area contributed by atoms with Crippen molar-refractivity contribution in [3.63, 3.8) is 0 Å². The van der Waals surface area contributed by atoms with E-state index in [4.69, 9.17) is 0 Å². The molecule has 7 nitrogen and oxygen atoms in total. The zero-order chi connectivity index (χ0) is 23.5. The molecule has 0 atom stereocenters. The zero-order valence-electron chi connectivity index (χ0n) is 18.5. The largest absolute Gasteiger partial charge is 0.368 e. The maximum absolute atomic E-state index is 13.6. The molecule has 0 radical (unpaired) electrons. The van der Waals surface area contributed by atoms with E-state index in [9.17, 15) is 18.4 Å². The fourth-order valence-electron chi connectivity index (χ4n) is 3.82. The van der Waals surface area contributed by atoms with E-state index < -0.39 is 0 Å². The third-order valence-corrected chi connectivity index (χ3v) is 5.67. The minimum atomic E-state index is -0.345. The van der Waals surface area contributed by atoms with Gasteiger partial charge in [0.15, 0.2) is 0 Å². The topological polar surface area (TPSA) is 70.5 Å². The SMILES string of the molecule is Cc1cc(=O)n(CC(=O)N2CCN(c3ccc(F)cc3)CC2)c(Nc2ccc(F)c(C)c2)n1. The van der Waals surface area contributed by atoms with Crippen LogP contribution in [0.1, 0.15) is 11.3 Å². The van der Waals surface area contributed by atoms with Crippen LogP contribution in [0.15, 0.2) is 53.3 Å². The minimum Gasteiger partial charge on any atom is -0.368 e. The van der Waals surface area contributed by atoms with Crippen LogP contribution in [0.4, 0.5) is 26.1 Å². The Hall–Kier alpha value is -3.75. The molecule has 0 bridgehead atoms. The highest BCUT2D eigenvalue weighted by Gasteiger charge is 2.23. The summed E-state index contributed by atoms with van der Waals surface area (Å²) in [5, 5.41) is 3.04. The van der Waals surface area contributed by atoms with E-state index in [0.29, 0.717) is 43.1 Å². The quantitative estimate of drug-likeness (QED) is 0.643. The predicted molar refractivity (Wildman–Crippen MR) is 123 cm³/mol. The predicted octanol–water partition coefficient (Wildman–Crippen LogP) is 3.23. The van der Waals surface area contributed by atoms with Gasteiger partial charge in [0, 0.05) is 49.3 Å². The molecule has 1 fully saturated rings. The second kappa shape index (κ2) is 9.40. The number of hydrogen-bond donors (Lipinski definition) is 1. The Labute approximate surface area is 190 Å². The van der Waals surface area contributed by atoms with E-state index in [1.807, 2.05) is 0 Å². The van der Waals surface area contributed by atoms with Gasteiger partial charge in [-0.15, -0.1) is 0 Å². The fourth-order valence-corrected chi connectivity index (χ4v) is 3.82. The second-order valence-corrected chi connectivity index (χ2v) is 8.08. The number of hydrogen-bond acceptors (Lipinski definition) is 5. The molecule has 2 heterocycles. The summed E-state index contributed by atoms with van der Waals surface area (Å²) in [7, 11) is 0. The van der Waals surface area contributed by atoms with Gasteiger partial charge in [0.2, 0.25) is 11.9 Å². The molecule has 1 aromatic heterocycles. The minimum absolute atomic E-state index is 0.162. The summed E-state index contributed by atoms with van der Waals surface area (Å²) in [4.78, 5) is 33.8. The summed E-state index contributed by atoms with van der Waals surface area (Å²) in [6.45, 7) is 5.38. The first-order chi connectivity index (χ1) is 15.8. The highest BCUT2D eigenvalue weighted by atomic mass is 19.1. The van der Waals surface area contributed by atoms with Crippen molar-refractivity contribution in [1.82, 2.24) is 14.5 Å². The number of anilines is 3. The van der Waals surface area contributed by atoms with Crippen LogP contribution in [-0.4, -0.2) is 46.5 Å². The number of aryl methyl sites for hydroxylation is 2. The lowest BCUT2D eigenvalue weighted by atomic mass is 10.2. The van der Waals surface area contributed by atoms with Crippen molar-refractivity contribution in [3.05, 3.63) is 81.8 Å². The van der Waals surface area contributed by atoms with Gasteiger partial charge >= 0.3 is 0 Å². The number of nitrogens with one attached hydrogen (secondary N) is 1. The van der Waals surface area contributed by atoms with Crippen molar-refractivity contribution >= 4 is 23.2 Å². The molecule has 2 aromatic carbocycles. The number of rotatable bonds is 5. The monoisotopic (exact) mass is 453 g/mol. The van der Waals surface area contributed by atoms with Gasteiger partial charge in [0.1, 0.15) is 18.2 Å². The Bertz CT molecular complexity index is 1220. The lowest BCUT2D eigenvalue weighted by molar-refractivity contribution is -0.132. The van der Waals surface area contributed by atoms with Gasteiger partial charge in [-0.2, -0.15) is 0 Å². The van der Waals surface area contributed by atoms with Gasteiger partial charge in [-0.1, -0.05) is 0 Å². The Balaban J connectivity index is 1.47. The Morgan fingerprint density at radius 1 is 1.00 bits per heavy atom. The third kappa shape index (κ3) is 5.19. The molecule has 1 aliphatic heterocycles. The van der Waals surface area contributed by atoms with Crippen molar-refractivity contribution in [3.8, 4) is 0 Å². The smallest absolute Gasteiger partial charge is 0.255 e. The number of aromatic nitrogens is 2. The number of piperazine rings is 1. The molecule has 0 aliphatic carbocycles. The van der Waals surface area contributed by atoms with Crippen LogP contribution in [0, 0.1) is 25.5 Å². The number of carbonyl (C=O) groups excluding carboxylic acids is 1. The summed E-state index contributed by atoms with van der Waals surface area (Å²) >= 11 is 0. The maximum Gasteiger partial charge on any atom is 0.255 e. The summed E-state index contributed by atoms with van der Waals surface area (Å²) in [6.07, 6.45) is 0. The van der Waals surface area contributed by atoms with Gasteiger partial charge in [0.05, 0.1) is 0 Å². The maximum atomic E-state index is 13.6. The Morgan fingerprint density at radius 3 is 2.36 bits per heavy atom. The van der Waals surface area contributed by atoms with Crippen molar-refractivity contribution in [2.45, 2.75) is 20.4 Å². The molecule has 9 heteroatoms. The van der Waals surface area contributed by atoms with E-state index in [1.165, 1.54) is 28.8 Å². The van der Waals surface area contributed by atoms with E-state index in [2.05, 4.69) is 15.2 Å². The number of amides is 1. The summed E-state index contributed by atoms with van der Waals surface area (Å²) < 4.78 is 28.1. The molecule has 1 N–H and O–H groups in total. The standard InChI is InChI=1S/C24H25F2N5O2/c1-16-13-19(5-8-21(16)26)28-24-27-17(2)14-22(32)31(24)15-23(33)30-11-9-29(10-12-30)20-6-3-18(25)4-7-20/h3-8,13-14H,9-12,15H2,1-2H3,(H,27,28). The van der Waals surface area contributed by atoms with E-state index in [0.717, 1.165) is 5.69 Å². The van der Waals surface area contributed by atoms with Gasteiger partial charge in [-0.3, -0.25) is 14.2 Å². The Morgan fingerprint density at radius 2 is 1.70 bits per heavy atom. The van der Waals surface area contributed by atoms with E-state index in [-0.39, 0.29) is 35.6 Å². The second-order valence-electron chi connectivity index (χ2n) is 8.08. The van der Waals surface area contributed by atoms with E-state index >= 15 is 0 Å². The van der Waals surface area contributed by atoms with Crippen molar-refractivity contribution in [2.75, 3.05) is 36.4 Å². The molecule has 0 saturated carbocycles. The molecule has 172 valence electrons. The van der Waals surface area contributed by atoms with Gasteiger partial charge < -0.3 is 15.1 Å². The molecular formula is C24H25F2N5O2. The molecule has 3 aromatic rings. The van der Waals surface area contributed by atoms with Crippen LogP contribution in [-0.2, 0) is 11.3 Å². The van der Waals surface area contributed by atoms with Crippen LogP contribution >= 0.6 is 0 Å². The van der Waals surface area contributed by atoms with Crippen LogP contribution in [0.2, 0.25) is 0 Å². The van der Waals surface area contributed by atoms with Crippen molar-refractivity contribution < 1.29 is 13.6 Å². The van der Waals surface area contributed by atoms with Crippen LogP contribution in [0.5, 0.6) is 0 Å². The van der Waals surface area contributed by atoms with Crippen LogP contribution < -0.4 is 15.8 Å². The molecule has 1 saturated heterocycles. The molecule has 33 heavy (non-hydrogen) atoms. The van der Waals surface area contributed by atoms with Gasteiger partial charge in [-0.05, 0) is 61.9 Å². The molecule has 0 spiro atoms. The highest BCUT2D eigenvalue weighted by molar-refractivity contribution is 5.77. The fraction of sp³-hybridized carbons (Fsp3) is 0.292. The van der Waals surface area contributed by atoms with Gasteiger partial charge in [0.25, 0.3) is 5.56 Å².